The molecule has 0 rings (SSSR count). The summed E-state index contributed by atoms with van der Waals surface area (Å²) in [6.45, 7) is 8.44. The molecule has 0 aromatic carbocycles. The molecule has 0 spiro atoms. The third-order valence-electron chi connectivity index (χ3n) is 2.02. The molecule has 0 aromatic rings. The third kappa shape index (κ3) is 10.0. The van der Waals surface area contributed by atoms with E-state index in [1.165, 1.54) is 0 Å². The fourth-order valence-corrected chi connectivity index (χ4v) is 4.31. The molecule has 0 aliphatic heterocycles. The normalized spacial score (nSPS) is 10.8. The first-order valence-electron chi connectivity index (χ1n) is 5.97. The first-order chi connectivity index (χ1) is 8.10. The summed E-state index contributed by atoms with van der Waals surface area (Å²) in [7, 11) is -2.48. The quantitative estimate of drug-likeness (QED) is 0.237. The van der Waals surface area contributed by atoms with Crippen molar-refractivity contribution in [2.75, 3.05) is 26.4 Å². The van der Waals surface area contributed by atoms with Gasteiger partial charge in [0.1, 0.15) is 0 Å². The molecule has 0 saturated carbocycles. The Morgan fingerprint density at radius 3 is 1.89 bits per heavy atom. The molecule has 0 aliphatic carbocycles. The minimum atomic E-state index is -2.48. The monoisotopic (exact) mass is 319 g/mol. The van der Waals surface area contributed by atoms with Crippen molar-refractivity contribution in [2.24, 2.45) is 0 Å². The van der Waals surface area contributed by atoms with E-state index in [0.29, 0.717) is 24.1 Å². The molecule has 0 unspecified atom stereocenters. The van der Waals surface area contributed by atoms with Crippen molar-refractivity contribution < 1.29 is 42.8 Å². The van der Waals surface area contributed by atoms with Crippen LogP contribution in [0.2, 0.25) is 6.04 Å². The predicted octanol–water partition coefficient (Wildman–Crippen LogP) is -1.15. The third-order valence-corrected chi connectivity index (χ3v) is 5.46. The maximum atomic E-state index is 5.73. The molecule has 0 aromatic heterocycles. The Hall–Kier alpha value is 1.21. The fraction of sp³-hybridized carbons (Fsp3) is 0.900. The molecule has 0 amide bonds. The Bertz CT molecular complexity index is 208. The fourth-order valence-electron chi connectivity index (χ4n) is 1.50. The van der Waals surface area contributed by atoms with Crippen molar-refractivity contribution in [1.82, 2.24) is 5.32 Å². The maximum absolute atomic E-state index is 5.73. The van der Waals surface area contributed by atoms with Crippen LogP contribution in [0.4, 0.5) is 0 Å². The molecule has 0 fully saturated rings. The van der Waals surface area contributed by atoms with E-state index in [4.69, 9.17) is 38.1 Å². The molecule has 0 saturated heterocycles. The molecule has 0 radical (unpaired) electrons. The SMILES string of the molecule is CCO[Si](CCCNC(=S)[S-])(OCC)OCC.[Na+]. The Kier molecular flexibility index (Phi) is 15.8. The molecule has 102 valence electrons. The van der Waals surface area contributed by atoms with Crippen LogP contribution in [-0.2, 0) is 25.9 Å². The Balaban J connectivity index is 0. The molecular weight excluding hydrogens is 297 g/mol. The van der Waals surface area contributed by atoms with E-state index >= 15 is 0 Å². The molecular formula is C10H22NNaO3S2Si. The van der Waals surface area contributed by atoms with Crippen LogP contribution in [0.5, 0.6) is 0 Å². The van der Waals surface area contributed by atoms with Gasteiger partial charge in [0.25, 0.3) is 0 Å². The van der Waals surface area contributed by atoms with Gasteiger partial charge in [0.2, 0.25) is 0 Å². The standard InChI is InChI=1S/C10H23NO3S2Si.Na/c1-4-12-17(13-5-2,14-6-3)9-7-8-11-10(15)16;/h4-9H2,1-3H3,(H2,11,15,16);/q;+1/p-1. The Morgan fingerprint density at radius 2 is 1.56 bits per heavy atom. The van der Waals surface area contributed by atoms with Crippen molar-refractivity contribution in [3.8, 4) is 0 Å². The molecule has 0 aliphatic rings. The van der Waals surface area contributed by atoms with Crippen LogP contribution in [0.15, 0.2) is 0 Å². The van der Waals surface area contributed by atoms with Crippen LogP contribution in [0.1, 0.15) is 27.2 Å². The Morgan fingerprint density at radius 1 is 1.11 bits per heavy atom. The van der Waals surface area contributed by atoms with Gasteiger partial charge in [0.15, 0.2) is 0 Å². The minimum absolute atomic E-state index is 0. The van der Waals surface area contributed by atoms with Gasteiger partial charge in [-0.1, -0.05) is 4.32 Å². The average molecular weight is 320 g/mol. The molecule has 0 bridgehead atoms. The largest absolute Gasteiger partial charge is 1.00 e. The summed E-state index contributed by atoms with van der Waals surface area (Å²) in [4.78, 5) is 0. The van der Waals surface area contributed by atoms with Crippen molar-refractivity contribution >= 4 is 38.0 Å². The summed E-state index contributed by atoms with van der Waals surface area (Å²) in [5, 5.41) is 2.95. The van der Waals surface area contributed by atoms with Crippen LogP contribution >= 0.6 is 12.2 Å². The van der Waals surface area contributed by atoms with Gasteiger partial charge in [0, 0.05) is 32.4 Å². The zero-order valence-electron chi connectivity index (χ0n) is 11.8. The van der Waals surface area contributed by atoms with Gasteiger partial charge in [-0.3, -0.25) is 0 Å². The van der Waals surface area contributed by atoms with Gasteiger partial charge in [0.05, 0.1) is 0 Å². The summed E-state index contributed by atoms with van der Waals surface area (Å²) in [5.74, 6) is 0. The predicted molar refractivity (Wildman–Crippen MR) is 78.0 cm³/mol. The molecule has 0 atom stereocenters. The second-order valence-electron chi connectivity index (χ2n) is 3.30. The molecule has 8 heteroatoms. The van der Waals surface area contributed by atoms with Crippen molar-refractivity contribution in [3.63, 3.8) is 0 Å². The van der Waals surface area contributed by atoms with Crippen LogP contribution in [-0.4, -0.2) is 39.5 Å². The van der Waals surface area contributed by atoms with Crippen LogP contribution in [0.25, 0.3) is 0 Å². The minimum Gasteiger partial charge on any atom is -0.412 e. The Labute approximate surface area is 145 Å². The summed E-state index contributed by atoms with van der Waals surface area (Å²) in [6.07, 6.45) is 0.878. The zero-order chi connectivity index (χ0) is 13.1. The second kappa shape index (κ2) is 13.2. The summed E-state index contributed by atoms with van der Waals surface area (Å²) >= 11 is 9.55. The molecule has 1 N–H and O–H groups in total. The van der Waals surface area contributed by atoms with Crippen LogP contribution < -0.4 is 34.9 Å². The van der Waals surface area contributed by atoms with Gasteiger partial charge in [-0.15, -0.1) is 0 Å². The van der Waals surface area contributed by atoms with Crippen molar-refractivity contribution in [3.05, 3.63) is 0 Å². The van der Waals surface area contributed by atoms with E-state index in [0.717, 1.165) is 19.0 Å². The van der Waals surface area contributed by atoms with Crippen molar-refractivity contribution in [2.45, 2.75) is 33.2 Å². The number of hydrogen-bond acceptors (Lipinski definition) is 5. The zero-order valence-corrected chi connectivity index (χ0v) is 16.4. The number of nitrogens with one attached hydrogen (secondary N) is 1. The van der Waals surface area contributed by atoms with Gasteiger partial charge >= 0.3 is 38.4 Å². The van der Waals surface area contributed by atoms with E-state index in [2.05, 4.69) is 5.32 Å². The van der Waals surface area contributed by atoms with Gasteiger partial charge in [-0.25, -0.2) is 0 Å². The number of hydrogen-bond donors (Lipinski definition) is 1. The van der Waals surface area contributed by atoms with Crippen molar-refractivity contribution in [1.29, 1.82) is 0 Å². The molecule has 0 heterocycles. The summed E-state index contributed by atoms with van der Waals surface area (Å²) in [6, 6.07) is 0.785. The first-order valence-corrected chi connectivity index (χ1v) is 8.71. The smallest absolute Gasteiger partial charge is 0.412 e. The van der Waals surface area contributed by atoms with Crippen LogP contribution in [0, 0.1) is 0 Å². The van der Waals surface area contributed by atoms with Gasteiger partial charge in [-0.2, -0.15) is 0 Å². The van der Waals surface area contributed by atoms with E-state index in [1.807, 2.05) is 20.8 Å². The molecule has 4 nitrogen and oxygen atoms in total. The van der Waals surface area contributed by atoms with E-state index < -0.39 is 8.80 Å². The summed E-state index contributed by atoms with van der Waals surface area (Å²) < 4.78 is 17.6. The van der Waals surface area contributed by atoms with Gasteiger partial charge < -0.3 is 43.4 Å². The van der Waals surface area contributed by atoms with E-state index in [1.54, 1.807) is 0 Å². The second-order valence-corrected chi connectivity index (χ2v) is 7.11. The average Bonchev–Trinajstić information content (AvgIpc) is 2.25. The maximum Gasteiger partial charge on any atom is 1.00 e. The number of thiocarbonyl (C=S) groups is 1. The van der Waals surface area contributed by atoms with E-state index in [9.17, 15) is 0 Å². The van der Waals surface area contributed by atoms with Crippen LogP contribution in [0.3, 0.4) is 0 Å². The van der Waals surface area contributed by atoms with Gasteiger partial charge in [-0.05, 0) is 27.2 Å². The number of rotatable bonds is 10. The first kappa shape index (κ1) is 21.5. The van der Waals surface area contributed by atoms with E-state index in [-0.39, 0.29) is 29.6 Å². The topological polar surface area (TPSA) is 39.7 Å². The molecule has 18 heavy (non-hydrogen) atoms. The summed E-state index contributed by atoms with van der Waals surface area (Å²) in [5.41, 5.74) is 0.